The topological polar surface area (TPSA) is 108 Å². The quantitative estimate of drug-likeness (QED) is 0.312. The molecule has 0 aliphatic heterocycles. The van der Waals surface area contributed by atoms with Crippen molar-refractivity contribution in [3.8, 4) is 12.3 Å². The molecule has 1 aromatic rings. The Balaban J connectivity index is 1.17. The second-order valence-electron chi connectivity index (χ2n) is 12.9. The first-order valence-electron chi connectivity index (χ1n) is 14.7. The predicted octanol–water partition coefficient (Wildman–Crippen LogP) is 5.06. The first-order chi connectivity index (χ1) is 19.1. The number of rotatable bonds is 8. The lowest BCUT2D eigenvalue weighted by atomic mass is 9.46. The lowest BCUT2D eigenvalue weighted by Gasteiger charge is -2.58. The average molecular weight is 547 g/mol. The second-order valence-corrected chi connectivity index (χ2v) is 12.9. The van der Waals surface area contributed by atoms with Gasteiger partial charge in [-0.3, -0.25) is 9.59 Å². The molecule has 4 aliphatic carbocycles. The number of nitrogens with zero attached hydrogens (tertiary/aromatic N) is 1. The van der Waals surface area contributed by atoms with Gasteiger partial charge in [-0.05, 0) is 86.2 Å². The molecule has 0 radical (unpaired) electrons. The van der Waals surface area contributed by atoms with Crippen molar-refractivity contribution in [3.05, 3.63) is 47.5 Å². The molecule has 7 unspecified atom stereocenters. The summed E-state index contributed by atoms with van der Waals surface area (Å²) in [5.74, 6) is 2.87. The van der Waals surface area contributed by atoms with Gasteiger partial charge in [-0.2, -0.15) is 0 Å². The Bertz CT molecular complexity index is 1230. The zero-order valence-electron chi connectivity index (χ0n) is 23.7. The molecule has 214 valence electrons. The van der Waals surface area contributed by atoms with E-state index in [1.807, 2.05) is 30.3 Å². The third-order valence-corrected chi connectivity index (χ3v) is 11.0. The highest BCUT2D eigenvalue weighted by atomic mass is 16.6. The van der Waals surface area contributed by atoms with Crippen molar-refractivity contribution in [2.45, 2.75) is 83.2 Å². The molecular weight excluding hydrogens is 504 g/mol. The predicted molar refractivity (Wildman–Crippen MR) is 153 cm³/mol. The number of benzene rings is 1. The molecule has 3 fully saturated rings. The zero-order valence-corrected chi connectivity index (χ0v) is 23.7. The summed E-state index contributed by atoms with van der Waals surface area (Å²) in [6.07, 6.45) is 15.7. The van der Waals surface area contributed by atoms with Crippen LogP contribution in [-0.4, -0.2) is 46.6 Å². The first kappa shape index (κ1) is 28.4. The van der Waals surface area contributed by atoms with E-state index in [1.54, 1.807) is 0 Å². The molecule has 3 saturated carbocycles. The average Bonchev–Trinajstić information content (AvgIpc) is 3.22. The van der Waals surface area contributed by atoms with E-state index in [0.29, 0.717) is 24.2 Å². The number of hydrogen-bond donors (Lipinski definition) is 3. The summed E-state index contributed by atoms with van der Waals surface area (Å²) in [6, 6.07) is 9.34. The summed E-state index contributed by atoms with van der Waals surface area (Å²) in [5.41, 5.74) is 2.13. The van der Waals surface area contributed by atoms with Crippen LogP contribution in [0.1, 0.15) is 83.1 Å². The van der Waals surface area contributed by atoms with Crippen molar-refractivity contribution in [3.63, 3.8) is 0 Å². The highest BCUT2D eigenvalue weighted by Gasteiger charge is 2.63. The number of hydrogen-bond acceptors (Lipinski definition) is 5. The maximum Gasteiger partial charge on any atom is 0.304 e. The van der Waals surface area contributed by atoms with E-state index in [4.69, 9.17) is 11.3 Å². The lowest BCUT2D eigenvalue weighted by Crippen LogP contribution is -2.54. The van der Waals surface area contributed by atoms with Crippen molar-refractivity contribution in [1.29, 1.82) is 0 Å². The Morgan fingerprint density at radius 2 is 1.88 bits per heavy atom. The van der Waals surface area contributed by atoms with Crippen LogP contribution in [0.15, 0.2) is 47.1 Å². The molecule has 3 N–H and O–H groups in total. The Kier molecular flexibility index (Phi) is 7.85. The van der Waals surface area contributed by atoms with Crippen LogP contribution in [0.5, 0.6) is 0 Å². The number of nitrogens with one attached hydrogen (secondary N) is 1. The van der Waals surface area contributed by atoms with Crippen LogP contribution in [0.3, 0.4) is 0 Å². The van der Waals surface area contributed by atoms with Gasteiger partial charge in [0, 0.05) is 17.9 Å². The molecule has 1 aromatic carbocycles. The van der Waals surface area contributed by atoms with E-state index in [2.05, 4.69) is 36.3 Å². The van der Waals surface area contributed by atoms with Gasteiger partial charge in [-0.15, -0.1) is 6.42 Å². The Morgan fingerprint density at radius 3 is 2.60 bits per heavy atom. The molecule has 40 heavy (non-hydrogen) atoms. The number of amides is 1. The van der Waals surface area contributed by atoms with Crippen LogP contribution in [0.2, 0.25) is 0 Å². The van der Waals surface area contributed by atoms with Gasteiger partial charge in [0.1, 0.15) is 5.60 Å². The maximum absolute atomic E-state index is 12.4. The van der Waals surface area contributed by atoms with Gasteiger partial charge in [0.25, 0.3) is 5.91 Å². The number of allylic oxidation sites excluding steroid dienone is 2. The van der Waals surface area contributed by atoms with E-state index in [0.717, 1.165) is 56.2 Å². The smallest absolute Gasteiger partial charge is 0.304 e. The highest BCUT2D eigenvalue weighted by Crippen LogP contribution is 2.67. The van der Waals surface area contributed by atoms with Gasteiger partial charge < -0.3 is 20.4 Å². The molecule has 7 nitrogen and oxygen atoms in total. The molecule has 4 aliphatic rings. The van der Waals surface area contributed by atoms with Gasteiger partial charge in [0.05, 0.1) is 12.1 Å². The van der Waals surface area contributed by atoms with Crippen LogP contribution in [-0.2, 0) is 14.4 Å². The van der Waals surface area contributed by atoms with Crippen molar-refractivity contribution in [2.24, 2.45) is 33.7 Å². The number of fused-ring (bicyclic) bond motifs is 5. The summed E-state index contributed by atoms with van der Waals surface area (Å²) in [6.45, 7) is 4.65. The molecule has 0 heterocycles. The standard InChI is InChI=1S/C33H42N2O5/c1-4-33(39)17-14-28-26-11-10-24-19-25(12-15-31(24,2)27(26)13-16-32(28,33)3)35-40-21-29(36)34-20-23(18-30(37)38)22-8-6-5-7-9-22/h1,5-9,19,23,26-28,39H,10-18,20-21H2,2-3H3,(H,34,36)(H,37,38). The van der Waals surface area contributed by atoms with Gasteiger partial charge in [0.15, 0.2) is 6.61 Å². The van der Waals surface area contributed by atoms with Gasteiger partial charge in [0.2, 0.25) is 0 Å². The number of carbonyl (C=O) groups is 2. The highest BCUT2D eigenvalue weighted by molar-refractivity contribution is 5.96. The summed E-state index contributed by atoms with van der Waals surface area (Å²) in [7, 11) is 0. The molecule has 0 bridgehead atoms. The number of aliphatic hydroxyl groups is 1. The number of carboxylic acid groups (broad SMARTS) is 1. The molecule has 7 atom stereocenters. The normalized spacial score (nSPS) is 36.3. The van der Waals surface area contributed by atoms with Crippen LogP contribution >= 0.6 is 0 Å². The van der Waals surface area contributed by atoms with Crippen LogP contribution in [0.25, 0.3) is 0 Å². The molecule has 5 rings (SSSR count). The minimum absolute atomic E-state index is 0.0631. The van der Waals surface area contributed by atoms with Crippen LogP contribution < -0.4 is 5.32 Å². The number of carboxylic acids is 1. The number of terminal acetylenes is 1. The molecule has 0 spiro atoms. The first-order valence-corrected chi connectivity index (χ1v) is 14.7. The monoisotopic (exact) mass is 546 g/mol. The molecular formula is C33H42N2O5. The lowest BCUT2D eigenvalue weighted by molar-refractivity contribution is -0.137. The largest absolute Gasteiger partial charge is 0.481 e. The summed E-state index contributed by atoms with van der Waals surface area (Å²) >= 11 is 0. The molecule has 0 saturated heterocycles. The molecule has 1 amide bonds. The summed E-state index contributed by atoms with van der Waals surface area (Å²) < 4.78 is 0. The van der Waals surface area contributed by atoms with Gasteiger partial charge in [-0.25, -0.2) is 0 Å². The maximum atomic E-state index is 12.4. The Morgan fingerprint density at radius 1 is 1.12 bits per heavy atom. The number of aliphatic carboxylic acids is 1. The van der Waals surface area contributed by atoms with Crippen molar-refractivity contribution in [1.82, 2.24) is 5.32 Å². The minimum atomic E-state index is -0.978. The fourth-order valence-electron chi connectivity index (χ4n) is 8.60. The third kappa shape index (κ3) is 5.07. The Labute approximate surface area is 237 Å². The summed E-state index contributed by atoms with van der Waals surface area (Å²) in [4.78, 5) is 29.2. The Hall–Kier alpha value is -3.11. The van der Waals surface area contributed by atoms with Crippen molar-refractivity contribution in [2.75, 3.05) is 13.2 Å². The fraction of sp³-hybridized carbons (Fsp3) is 0.606. The fourth-order valence-corrected chi connectivity index (χ4v) is 8.60. The van der Waals surface area contributed by atoms with E-state index >= 15 is 0 Å². The zero-order chi connectivity index (χ0) is 28.5. The van der Waals surface area contributed by atoms with Gasteiger partial charge in [-0.1, -0.05) is 60.8 Å². The van der Waals surface area contributed by atoms with E-state index in [9.17, 15) is 19.8 Å². The van der Waals surface area contributed by atoms with Crippen LogP contribution in [0.4, 0.5) is 0 Å². The van der Waals surface area contributed by atoms with Crippen molar-refractivity contribution < 1.29 is 24.6 Å². The van der Waals surface area contributed by atoms with Crippen molar-refractivity contribution >= 4 is 17.6 Å². The third-order valence-electron chi connectivity index (χ3n) is 11.0. The van der Waals surface area contributed by atoms with Crippen LogP contribution in [0, 0.1) is 40.9 Å². The number of oxime groups is 1. The van der Waals surface area contributed by atoms with E-state index < -0.39 is 11.6 Å². The summed E-state index contributed by atoms with van der Waals surface area (Å²) in [5, 5.41) is 27.6. The second kappa shape index (κ2) is 11.0. The van der Waals surface area contributed by atoms with E-state index in [1.165, 1.54) is 5.57 Å². The molecule has 7 heteroatoms. The SMILES string of the molecule is C#CC1(O)CCC2C3CCC4=CC(=NOCC(=O)NCC(CC(=O)O)c5ccccc5)CCC4(C)C3CCC21C. The van der Waals surface area contributed by atoms with Gasteiger partial charge >= 0.3 is 5.97 Å². The number of carbonyl (C=O) groups excluding carboxylic acids is 1. The van der Waals surface area contributed by atoms with E-state index in [-0.39, 0.29) is 42.2 Å². The minimum Gasteiger partial charge on any atom is -0.481 e. The molecule has 0 aromatic heterocycles.